The molecule has 0 radical (unpaired) electrons. The average Bonchev–Trinajstić information content (AvgIpc) is 2.51. The predicted molar refractivity (Wildman–Crippen MR) is 86.8 cm³/mol. The van der Waals surface area contributed by atoms with E-state index in [0.717, 1.165) is 19.4 Å². The first kappa shape index (κ1) is 16.8. The molecule has 0 amide bonds. The molecule has 0 aromatic heterocycles. The first-order valence-corrected chi connectivity index (χ1v) is 9.04. The van der Waals surface area contributed by atoms with Crippen molar-refractivity contribution in [2.45, 2.75) is 45.6 Å². The maximum atomic E-state index is 14.3. The normalized spacial score (nSPS) is 17.9. The summed E-state index contributed by atoms with van der Waals surface area (Å²) in [6.45, 7) is 4.53. The molecule has 0 saturated carbocycles. The average molecular weight is 313 g/mol. The third kappa shape index (κ3) is 4.43. The largest absolute Gasteiger partial charge is 0.310 e. The lowest BCUT2D eigenvalue weighted by Crippen LogP contribution is -2.27. The second kappa shape index (κ2) is 8.14. The lowest BCUT2D eigenvalue weighted by atomic mass is 9.90. The van der Waals surface area contributed by atoms with Crippen molar-refractivity contribution in [2.75, 3.05) is 18.1 Å². The quantitative estimate of drug-likeness (QED) is 0.806. The summed E-state index contributed by atoms with van der Waals surface area (Å²) in [6.07, 6.45) is 4.27. The fourth-order valence-electron chi connectivity index (χ4n) is 2.88. The van der Waals surface area contributed by atoms with E-state index in [1.165, 1.54) is 24.3 Å². The zero-order valence-electron chi connectivity index (χ0n) is 12.9. The Balaban J connectivity index is 2.16. The molecule has 1 atom stereocenters. The van der Waals surface area contributed by atoms with Crippen LogP contribution in [0.15, 0.2) is 12.1 Å². The molecule has 1 N–H and O–H groups in total. The fraction of sp³-hybridized carbons (Fsp3) is 0.647. The van der Waals surface area contributed by atoms with E-state index in [0.29, 0.717) is 17.0 Å². The van der Waals surface area contributed by atoms with E-state index >= 15 is 0 Å². The van der Waals surface area contributed by atoms with E-state index in [4.69, 9.17) is 0 Å². The van der Waals surface area contributed by atoms with Crippen LogP contribution in [0.3, 0.4) is 0 Å². The molecule has 1 unspecified atom stereocenters. The summed E-state index contributed by atoms with van der Waals surface area (Å²) in [5, 5.41) is 3.41. The molecule has 2 rings (SSSR count). The van der Waals surface area contributed by atoms with E-state index in [2.05, 4.69) is 12.2 Å². The minimum absolute atomic E-state index is 0.0758. The maximum Gasteiger partial charge on any atom is 0.163 e. The zero-order chi connectivity index (χ0) is 15.2. The SMILES string of the molecule is CCCNC(CC1CCSCC1)c1ccc(C)c(F)c1F. The van der Waals surface area contributed by atoms with E-state index in [1.54, 1.807) is 19.1 Å². The topological polar surface area (TPSA) is 12.0 Å². The zero-order valence-corrected chi connectivity index (χ0v) is 13.7. The Labute approximate surface area is 130 Å². The summed E-state index contributed by atoms with van der Waals surface area (Å²) in [5.74, 6) is 1.62. The van der Waals surface area contributed by atoms with Gasteiger partial charge in [-0.25, -0.2) is 8.78 Å². The van der Waals surface area contributed by atoms with Crippen LogP contribution in [0.1, 0.15) is 49.8 Å². The van der Waals surface area contributed by atoms with Crippen molar-refractivity contribution in [3.8, 4) is 0 Å². The highest BCUT2D eigenvalue weighted by atomic mass is 32.2. The smallest absolute Gasteiger partial charge is 0.163 e. The van der Waals surface area contributed by atoms with Crippen molar-refractivity contribution >= 4 is 11.8 Å². The van der Waals surface area contributed by atoms with Crippen molar-refractivity contribution in [1.29, 1.82) is 0 Å². The molecule has 1 aromatic rings. The van der Waals surface area contributed by atoms with Gasteiger partial charge >= 0.3 is 0 Å². The number of halogens is 2. The van der Waals surface area contributed by atoms with Crippen LogP contribution in [0.25, 0.3) is 0 Å². The predicted octanol–water partition coefficient (Wildman–Crippen LogP) is 4.85. The molecule has 1 nitrogen and oxygen atoms in total. The van der Waals surface area contributed by atoms with Crippen LogP contribution in [0.2, 0.25) is 0 Å². The van der Waals surface area contributed by atoms with Gasteiger partial charge in [0.2, 0.25) is 0 Å². The van der Waals surface area contributed by atoms with Crippen molar-refractivity contribution in [3.05, 3.63) is 34.9 Å². The second-order valence-electron chi connectivity index (χ2n) is 5.90. The van der Waals surface area contributed by atoms with Gasteiger partial charge in [-0.05, 0) is 62.1 Å². The fourth-order valence-corrected chi connectivity index (χ4v) is 4.09. The molecule has 1 fully saturated rings. The van der Waals surface area contributed by atoms with Gasteiger partial charge in [0.15, 0.2) is 11.6 Å². The van der Waals surface area contributed by atoms with Crippen molar-refractivity contribution in [1.82, 2.24) is 5.32 Å². The van der Waals surface area contributed by atoms with Crippen LogP contribution in [-0.4, -0.2) is 18.1 Å². The lowest BCUT2D eigenvalue weighted by molar-refractivity contribution is 0.358. The summed E-state index contributed by atoms with van der Waals surface area (Å²) in [4.78, 5) is 0. The van der Waals surface area contributed by atoms with Gasteiger partial charge in [-0.2, -0.15) is 11.8 Å². The third-order valence-corrected chi connectivity index (χ3v) is 5.28. The van der Waals surface area contributed by atoms with Crippen LogP contribution in [0.5, 0.6) is 0 Å². The van der Waals surface area contributed by atoms with Crippen LogP contribution < -0.4 is 5.32 Å². The maximum absolute atomic E-state index is 14.3. The molecule has 0 bridgehead atoms. The summed E-state index contributed by atoms with van der Waals surface area (Å²) >= 11 is 1.99. The van der Waals surface area contributed by atoms with Gasteiger partial charge in [-0.15, -0.1) is 0 Å². The Morgan fingerprint density at radius 1 is 1.24 bits per heavy atom. The molecule has 1 heterocycles. The number of hydrogen-bond acceptors (Lipinski definition) is 2. The van der Waals surface area contributed by atoms with Gasteiger partial charge < -0.3 is 5.32 Å². The van der Waals surface area contributed by atoms with Crippen LogP contribution in [0.4, 0.5) is 8.78 Å². The van der Waals surface area contributed by atoms with E-state index in [1.807, 2.05) is 11.8 Å². The van der Waals surface area contributed by atoms with Gasteiger partial charge in [0.1, 0.15) is 0 Å². The number of rotatable bonds is 6. The van der Waals surface area contributed by atoms with E-state index in [9.17, 15) is 8.78 Å². The van der Waals surface area contributed by atoms with Crippen LogP contribution >= 0.6 is 11.8 Å². The Morgan fingerprint density at radius 2 is 1.95 bits per heavy atom. The molecule has 1 aliphatic rings. The number of hydrogen-bond donors (Lipinski definition) is 1. The highest BCUT2D eigenvalue weighted by Gasteiger charge is 2.24. The van der Waals surface area contributed by atoms with Crippen molar-refractivity contribution in [2.24, 2.45) is 5.92 Å². The molecular weight excluding hydrogens is 288 g/mol. The Bertz CT molecular complexity index is 458. The summed E-state index contributed by atoms with van der Waals surface area (Å²) < 4.78 is 28.1. The molecule has 1 aliphatic heterocycles. The molecule has 4 heteroatoms. The standard InChI is InChI=1S/C17H25F2NS/c1-3-8-20-15(11-13-6-9-21-10-7-13)14-5-4-12(2)16(18)17(14)19/h4-5,13,15,20H,3,6-11H2,1-2H3. The summed E-state index contributed by atoms with van der Waals surface area (Å²) in [7, 11) is 0. The molecule has 118 valence electrons. The number of nitrogens with one attached hydrogen (secondary N) is 1. The third-order valence-electron chi connectivity index (χ3n) is 4.23. The number of benzene rings is 1. The first-order chi connectivity index (χ1) is 10.1. The molecule has 1 saturated heterocycles. The lowest BCUT2D eigenvalue weighted by Gasteiger charge is -2.28. The van der Waals surface area contributed by atoms with Crippen LogP contribution in [-0.2, 0) is 0 Å². The van der Waals surface area contributed by atoms with E-state index in [-0.39, 0.29) is 6.04 Å². The number of aryl methyl sites for hydroxylation is 1. The van der Waals surface area contributed by atoms with Crippen molar-refractivity contribution in [3.63, 3.8) is 0 Å². The highest BCUT2D eigenvalue weighted by molar-refractivity contribution is 7.99. The van der Waals surface area contributed by atoms with E-state index < -0.39 is 11.6 Å². The molecule has 0 aliphatic carbocycles. The highest BCUT2D eigenvalue weighted by Crippen LogP contribution is 2.32. The first-order valence-electron chi connectivity index (χ1n) is 7.89. The Hall–Kier alpha value is -0.610. The van der Waals surface area contributed by atoms with Crippen molar-refractivity contribution < 1.29 is 8.78 Å². The summed E-state index contributed by atoms with van der Waals surface area (Å²) in [6, 6.07) is 3.36. The minimum atomic E-state index is -0.699. The Kier molecular flexibility index (Phi) is 6.49. The summed E-state index contributed by atoms with van der Waals surface area (Å²) in [5.41, 5.74) is 0.865. The van der Waals surface area contributed by atoms with Gasteiger partial charge in [-0.3, -0.25) is 0 Å². The number of thioether (sulfide) groups is 1. The monoisotopic (exact) mass is 313 g/mol. The molecule has 1 aromatic carbocycles. The minimum Gasteiger partial charge on any atom is -0.310 e. The molecule has 21 heavy (non-hydrogen) atoms. The van der Waals surface area contributed by atoms with Gasteiger partial charge in [0, 0.05) is 11.6 Å². The van der Waals surface area contributed by atoms with Crippen LogP contribution in [0, 0.1) is 24.5 Å². The van der Waals surface area contributed by atoms with Gasteiger partial charge in [-0.1, -0.05) is 19.1 Å². The van der Waals surface area contributed by atoms with Gasteiger partial charge in [0.05, 0.1) is 0 Å². The Morgan fingerprint density at radius 3 is 2.62 bits per heavy atom. The molecular formula is C17H25F2NS. The van der Waals surface area contributed by atoms with Gasteiger partial charge in [0.25, 0.3) is 0 Å². The second-order valence-corrected chi connectivity index (χ2v) is 7.12. The molecule has 0 spiro atoms.